The molecule has 0 aliphatic carbocycles. The third-order valence-electron chi connectivity index (χ3n) is 2.46. The second-order valence-electron chi connectivity index (χ2n) is 4.23. The molecular weight excluding hydrogens is 342 g/mol. The quantitative estimate of drug-likeness (QED) is 0.809. The Labute approximate surface area is 126 Å². The van der Waals surface area contributed by atoms with E-state index in [2.05, 4.69) is 31.0 Å². The summed E-state index contributed by atoms with van der Waals surface area (Å²) in [5.74, 6) is 0. The van der Waals surface area contributed by atoms with Gasteiger partial charge in [0.05, 0.1) is 29.9 Å². The number of halogens is 1. The van der Waals surface area contributed by atoms with Gasteiger partial charge in [0.25, 0.3) is 0 Å². The zero-order chi connectivity index (χ0) is 14.6. The summed E-state index contributed by atoms with van der Waals surface area (Å²) >= 11 is 3.31. The highest BCUT2D eigenvalue weighted by Gasteiger charge is 2.06. The monoisotopic (exact) mass is 355 g/mol. The topological polar surface area (TPSA) is 71.1 Å². The van der Waals surface area contributed by atoms with Crippen LogP contribution < -0.4 is 10.0 Å². The van der Waals surface area contributed by atoms with Gasteiger partial charge in [-0.1, -0.05) is 18.2 Å². The van der Waals surface area contributed by atoms with Gasteiger partial charge in [0.2, 0.25) is 10.0 Å². The predicted octanol–water partition coefficient (Wildman–Crippen LogP) is 2.83. The van der Waals surface area contributed by atoms with Crippen LogP contribution >= 0.6 is 15.9 Å². The number of hydrogen-bond acceptors (Lipinski definition) is 4. The second-order valence-corrected chi connectivity index (χ2v) is 6.79. The van der Waals surface area contributed by atoms with E-state index < -0.39 is 10.0 Å². The molecule has 0 saturated carbocycles. The smallest absolute Gasteiger partial charge is 0.229 e. The fourth-order valence-corrected chi connectivity index (χ4v) is 2.62. The molecule has 0 radical (unpaired) electrons. The van der Waals surface area contributed by atoms with Crippen molar-refractivity contribution < 1.29 is 8.42 Å². The number of rotatable bonds is 5. The number of pyridine rings is 1. The Morgan fingerprint density at radius 2 is 1.80 bits per heavy atom. The van der Waals surface area contributed by atoms with Crippen LogP contribution in [0.25, 0.3) is 0 Å². The Morgan fingerprint density at radius 3 is 2.45 bits per heavy atom. The molecule has 1 aromatic carbocycles. The van der Waals surface area contributed by atoms with Crippen molar-refractivity contribution in [1.29, 1.82) is 0 Å². The van der Waals surface area contributed by atoms with Crippen LogP contribution in [0.15, 0.2) is 47.1 Å². The number of benzene rings is 1. The maximum Gasteiger partial charge on any atom is 0.229 e. The molecule has 0 aliphatic rings. The van der Waals surface area contributed by atoms with Gasteiger partial charge in [-0.05, 0) is 40.2 Å². The maximum absolute atomic E-state index is 11.3. The third-order valence-corrected chi connectivity index (χ3v) is 3.49. The van der Waals surface area contributed by atoms with Crippen molar-refractivity contribution in [3.05, 3.63) is 52.8 Å². The molecule has 7 heteroatoms. The van der Waals surface area contributed by atoms with E-state index in [1.807, 2.05) is 30.3 Å². The van der Waals surface area contributed by atoms with Crippen molar-refractivity contribution in [1.82, 2.24) is 4.98 Å². The van der Waals surface area contributed by atoms with E-state index in [-0.39, 0.29) is 0 Å². The molecule has 106 valence electrons. The van der Waals surface area contributed by atoms with Crippen molar-refractivity contribution in [2.45, 2.75) is 6.54 Å². The van der Waals surface area contributed by atoms with Crippen LogP contribution in [0.4, 0.5) is 11.4 Å². The molecule has 0 fully saturated rings. The molecule has 0 atom stereocenters. The minimum atomic E-state index is -3.30. The fraction of sp³-hybridized carbons (Fsp3) is 0.154. The van der Waals surface area contributed by atoms with E-state index in [0.29, 0.717) is 17.9 Å². The molecule has 5 nitrogen and oxygen atoms in total. The molecule has 2 rings (SSSR count). The highest BCUT2D eigenvalue weighted by atomic mass is 79.9. The zero-order valence-electron chi connectivity index (χ0n) is 10.8. The highest BCUT2D eigenvalue weighted by Crippen LogP contribution is 2.22. The van der Waals surface area contributed by atoms with Gasteiger partial charge in [-0.2, -0.15) is 0 Å². The Kier molecular flexibility index (Phi) is 4.61. The zero-order valence-corrected chi connectivity index (χ0v) is 13.2. The van der Waals surface area contributed by atoms with Crippen LogP contribution in [0.5, 0.6) is 0 Å². The number of para-hydroxylation sites is 2. The van der Waals surface area contributed by atoms with Gasteiger partial charge in [-0.25, -0.2) is 13.4 Å². The van der Waals surface area contributed by atoms with Gasteiger partial charge in [0, 0.05) is 0 Å². The molecule has 1 heterocycles. The Balaban J connectivity index is 2.13. The molecule has 1 aromatic heterocycles. The first-order chi connectivity index (χ1) is 9.44. The van der Waals surface area contributed by atoms with E-state index in [0.717, 1.165) is 16.6 Å². The Bertz CT molecular complexity index is 704. The summed E-state index contributed by atoms with van der Waals surface area (Å²) in [6.45, 7) is 0.502. The summed E-state index contributed by atoms with van der Waals surface area (Å²) < 4.78 is 25.9. The standard InChI is InChI=1S/C13H14BrN3O2S/c1-20(18,19)17-12-7-3-2-6-11(12)15-9-10-5-4-8-13(14)16-10/h2-8,15,17H,9H2,1H3. The summed E-state index contributed by atoms with van der Waals surface area (Å²) in [6.07, 6.45) is 1.12. The summed E-state index contributed by atoms with van der Waals surface area (Å²) in [6, 6.07) is 12.8. The number of sulfonamides is 1. The van der Waals surface area contributed by atoms with Gasteiger partial charge in [-0.15, -0.1) is 0 Å². The lowest BCUT2D eigenvalue weighted by molar-refractivity contribution is 0.607. The molecule has 0 amide bonds. The molecular formula is C13H14BrN3O2S. The van der Waals surface area contributed by atoms with Crippen molar-refractivity contribution in [2.24, 2.45) is 0 Å². The molecule has 20 heavy (non-hydrogen) atoms. The lowest BCUT2D eigenvalue weighted by Gasteiger charge is -2.12. The van der Waals surface area contributed by atoms with Crippen LogP contribution in [-0.4, -0.2) is 19.7 Å². The van der Waals surface area contributed by atoms with Crippen LogP contribution in [-0.2, 0) is 16.6 Å². The van der Waals surface area contributed by atoms with E-state index in [9.17, 15) is 8.42 Å². The van der Waals surface area contributed by atoms with Crippen molar-refractivity contribution in [3.8, 4) is 0 Å². The lowest BCUT2D eigenvalue weighted by atomic mass is 10.2. The average molecular weight is 356 g/mol. The SMILES string of the molecule is CS(=O)(=O)Nc1ccccc1NCc1cccc(Br)n1. The molecule has 0 saturated heterocycles. The second kappa shape index (κ2) is 6.23. The fourth-order valence-electron chi connectivity index (χ4n) is 1.66. The molecule has 2 aromatic rings. The first-order valence-corrected chi connectivity index (χ1v) is 8.54. The summed E-state index contributed by atoms with van der Waals surface area (Å²) in [5.41, 5.74) is 2.08. The number of nitrogens with one attached hydrogen (secondary N) is 2. The highest BCUT2D eigenvalue weighted by molar-refractivity contribution is 9.10. The largest absolute Gasteiger partial charge is 0.378 e. The number of aromatic nitrogens is 1. The van der Waals surface area contributed by atoms with Crippen LogP contribution in [0.3, 0.4) is 0 Å². The minimum Gasteiger partial charge on any atom is -0.378 e. The van der Waals surface area contributed by atoms with Gasteiger partial charge >= 0.3 is 0 Å². The molecule has 0 unspecified atom stereocenters. The van der Waals surface area contributed by atoms with Gasteiger partial charge in [0.1, 0.15) is 4.60 Å². The van der Waals surface area contributed by atoms with Crippen molar-refractivity contribution in [3.63, 3.8) is 0 Å². The molecule has 0 bridgehead atoms. The molecule has 0 aliphatic heterocycles. The van der Waals surface area contributed by atoms with Crippen LogP contribution in [0.1, 0.15) is 5.69 Å². The van der Waals surface area contributed by atoms with Crippen LogP contribution in [0.2, 0.25) is 0 Å². The van der Waals surface area contributed by atoms with E-state index in [1.54, 1.807) is 12.1 Å². The van der Waals surface area contributed by atoms with Crippen LogP contribution in [0, 0.1) is 0 Å². The van der Waals surface area contributed by atoms with E-state index >= 15 is 0 Å². The van der Waals surface area contributed by atoms with Gasteiger partial charge in [-0.3, -0.25) is 4.72 Å². The first-order valence-electron chi connectivity index (χ1n) is 5.86. The minimum absolute atomic E-state index is 0.502. The van der Waals surface area contributed by atoms with Crippen molar-refractivity contribution in [2.75, 3.05) is 16.3 Å². The Hall–Kier alpha value is -1.60. The predicted molar refractivity (Wildman–Crippen MR) is 84.2 cm³/mol. The van der Waals surface area contributed by atoms with E-state index in [1.165, 1.54) is 0 Å². The molecule has 2 N–H and O–H groups in total. The Morgan fingerprint density at radius 1 is 1.10 bits per heavy atom. The number of hydrogen-bond donors (Lipinski definition) is 2. The number of nitrogens with zero attached hydrogens (tertiary/aromatic N) is 1. The lowest BCUT2D eigenvalue weighted by Crippen LogP contribution is -2.12. The van der Waals surface area contributed by atoms with Gasteiger partial charge < -0.3 is 5.32 Å². The van der Waals surface area contributed by atoms with Crippen molar-refractivity contribution >= 4 is 37.3 Å². The number of anilines is 2. The normalized spacial score (nSPS) is 11.1. The molecule has 0 spiro atoms. The van der Waals surface area contributed by atoms with Gasteiger partial charge in [0.15, 0.2) is 0 Å². The first kappa shape index (κ1) is 14.8. The summed E-state index contributed by atoms with van der Waals surface area (Å²) in [7, 11) is -3.30. The third kappa shape index (κ3) is 4.50. The maximum atomic E-state index is 11.3. The summed E-state index contributed by atoms with van der Waals surface area (Å²) in [4.78, 5) is 4.31. The summed E-state index contributed by atoms with van der Waals surface area (Å²) in [5, 5.41) is 3.17. The van der Waals surface area contributed by atoms with E-state index in [4.69, 9.17) is 0 Å². The average Bonchev–Trinajstić information content (AvgIpc) is 2.36.